The van der Waals surface area contributed by atoms with Crippen LogP contribution in [0.1, 0.15) is 32.5 Å². The van der Waals surface area contributed by atoms with Crippen LogP contribution in [0.4, 0.5) is 5.82 Å². The van der Waals surface area contributed by atoms with E-state index in [1.54, 1.807) is 6.07 Å². The molecule has 1 aliphatic rings. The Morgan fingerprint density at radius 1 is 1.63 bits per heavy atom. The summed E-state index contributed by atoms with van der Waals surface area (Å²) in [5.41, 5.74) is 5.54. The van der Waals surface area contributed by atoms with Gasteiger partial charge in [-0.05, 0) is 6.92 Å². The molecule has 6 nitrogen and oxygen atoms in total. The Kier molecular flexibility index (Phi) is 4.21. The topological polar surface area (TPSA) is 84.2 Å². The number of aromatic nitrogens is 2. The van der Waals surface area contributed by atoms with Crippen LogP contribution < -0.4 is 16.2 Å². The summed E-state index contributed by atoms with van der Waals surface area (Å²) in [4.78, 5) is 21.2. The molecular weight excluding hydrogens is 244 g/mol. The van der Waals surface area contributed by atoms with Gasteiger partial charge in [0.15, 0.2) is 0 Å². The summed E-state index contributed by atoms with van der Waals surface area (Å²) < 4.78 is 5.62. The number of nitrogens with one attached hydrogen (secondary N) is 1. The van der Waals surface area contributed by atoms with Gasteiger partial charge >= 0.3 is 0 Å². The third-order valence-corrected chi connectivity index (χ3v) is 3.36. The summed E-state index contributed by atoms with van der Waals surface area (Å²) in [6.45, 7) is 7.83. The fourth-order valence-corrected chi connectivity index (χ4v) is 2.16. The standard InChI is InChI=1S/C13H22N4O2/c1-8(2)13-15-11(4-12(18)16-13)17-6-10(5-14)19-7-9(17)3/h4,8-10H,5-7,14H2,1-3H3,(H,15,16,18). The van der Waals surface area contributed by atoms with Gasteiger partial charge in [-0.3, -0.25) is 4.79 Å². The van der Waals surface area contributed by atoms with E-state index in [0.29, 0.717) is 31.3 Å². The molecule has 19 heavy (non-hydrogen) atoms. The van der Waals surface area contributed by atoms with Crippen molar-refractivity contribution < 1.29 is 4.74 Å². The van der Waals surface area contributed by atoms with Gasteiger partial charge in [0.2, 0.25) is 0 Å². The molecule has 1 fully saturated rings. The molecule has 0 saturated carbocycles. The molecule has 0 spiro atoms. The Bertz CT molecular complexity index is 486. The molecule has 3 N–H and O–H groups in total. The van der Waals surface area contributed by atoms with Crippen LogP contribution in [0.15, 0.2) is 10.9 Å². The lowest BCUT2D eigenvalue weighted by atomic mass is 10.2. The van der Waals surface area contributed by atoms with Crippen LogP contribution in [0, 0.1) is 0 Å². The fraction of sp³-hybridized carbons (Fsp3) is 0.692. The van der Waals surface area contributed by atoms with E-state index in [0.717, 1.165) is 0 Å². The van der Waals surface area contributed by atoms with Crippen LogP contribution in [0.5, 0.6) is 0 Å². The van der Waals surface area contributed by atoms with Crippen LogP contribution in [0.3, 0.4) is 0 Å². The van der Waals surface area contributed by atoms with Gasteiger partial charge in [0.1, 0.15) is 11.6 Å². The zero-order valence-electron chi connectivity index (χ0n) is 11.7. The second kappa shape index (κ2) is 5.71. The van der Waals surface area contributed by atoms with Crippen molar-refractivity contribution in [3.63, 3.8) is 0 Å². The molecule has 0 radical (unpaired) electrons. The third kappa shape index (κ3) is 3.13. The normalized spacial score (nSPS) is 23.9. The third-order valence-electron chi connectivity index (χ3n) is 3.36. The summed E-state index contributed by atoms with van der Waals surface area (Å²) in [5, 5.41) is 0. The van der Waals surface area contributed by atoms with Crippen molar-refractivity contribution in [2.24, 2.45) is 5.73 Å². The first kappa shape index (κ1) is 14.0. The largest absolute Gasteiger partial charge is 0.373 e. The van der Waals surface area contributed by atoms with Crippen LogP contribution >= 0.6 is 0 Å². The highest BCUT2D eigenvalue weighted by Crippen LogP contribution is 2.19. The minimum Gasteiger partial charge on any atom is -0.373 e. The highest BCUT2D eigenvalue weighted by atomic mass is 16.5. The number of aromatic amines is 1. The summed E-state index contributed by atoms with van der Waals surface area (Å²) >= 11 is 0. The van der Waals surface area contributed by atoms with Gasteiger partial charge in [-0.2, -0.15) is 0 Å². The molecule has 1 aromatic rings. The van der Waals surface area contributed by atoms with Crippen molar-refractivity contribution in [3.8, 4) is 0 Å². The number of hydrogen-bond donors (Lipinski definition) is 2. The second-order valence-electron chi connectivity index (χ2n) is 5.34. The molecule has 1 aromatic heterocycles. The highest BCUT2D eigenvalue weighted by Gasteiger charge is 2.26. The van der Waals surface area contributed by atoms with E-state index in [4.69, 9.17) is 10.5 Å². The van der Waals surface area contributed by atoms with Crippen molar-refractivity contribution in [1.82, 2.24) is 9.97 Å². The number of anilines is 1. The zero-order valence-corrected chi connectivity index (χ0v) is 11.7. The molecule has 2 rings (SSSR count). The Hall–Kier alpha value is -1.40. The van der Waals surface area contributed by atoms with E-state index in [-0.39, 0.29) is 23.6 Å². The number of nitrogens with two attached hydrogens (primary N) is 1. The predicted octanol–water partition coefficient (Wildman–Crippen LogP) is 0.446. The van der Waals surface area contributed by atoms with E-state index in [1.165, 1.54) is 0 Å². The average molecular weight is 266 g/mol. The van der Waals surface area contributed by atoms with Gasteiger partial charge in [0.05, 0.1) is 18.8 Å². The van der Waals surface area contributed by atoms with Gasteiger partial charge in [0.25, 0.3) is 5.56 Å². The molecule has 0 bridgehead atoms. The number of rotatable bonds is 3. The number of hydrogen-bond acceptors (Lipinski definition) is 5. The van der Waals surface area contributed by atoms with Gasteiger partial charge in [-0.15, -0.1) is 0 Å². The fourth-order valence-electron chi connectivity index (χ4n) is 2.16. The summed E-state index contributed by atoms with van der Waals surface area (Å²) in [6, 6.07) is 1.73. The smallest absolute Gasteiger partial charge is 0.252 e. The Morgan fingerprint density at radius 2 is 2.37 bits per heavy atom. The maximum Gasteiger partial charge on any atom is 0.252 e. The number of nitrogens with zero attached hydrogens (tertiary/aromatic N) is 2. The minimum absolute atomic E-state index is 0.000197. The molecule has 0 amide bonds. The van der Waals surface area contributed by atoms with E-state index in [1.807, 2.05) is 13.8 Å². The van der Waals surface area contributed by atoms with Crippen molar-refractivity contribution >= 4 is 5.82 Å². The quantitative estimate of drug-likeness (QED) is 0.829. The van der Waals surface area contributed by atoms with E-state index < -0.39 is 0 Å². The summed E-state index contributed by atoms with van der Waals surface area (Å²) in [6.07, 6.45) is -0.000197. The second-order valence-corrected chi connectivity index (χ2v) is 5.34. The molecule has 2 unspecified atom stereocenters. The lowest BCUT2D eigenvalue weighted by Gasteiger charge is -2.38. The maximum absolute atomic E-state index is 11.7. The first-order valence-electron chi connectivity index (χ1n) is 6.70. The van der Waals surface area contributed by atoms with Crippen LogP contribution in [-0.4, -0.2) is 41.8 Å². The lowest BCUT2D eigenvalue weighted by Crippen LogP contribution is -2.51. The molecule has 1 aliphatic heterocycles. The first-order chi connectivity index (χ1) is 9.01. The number of morpholine rings is 1. The van der Waals surface area contributed by atoms with Gasteiger partial charge < -0.3 is 20.4 Å². The van der Waals surface area contributed by atoms with Crippen molar-refractivity contribution in [2.45, 2.75) is 38.8 Å². The highest BCUT2D eigenvalue weighted by molar-refractivity contribution is 5.40. The number of H-pyrrole nitrogens is 1. The molecule has 1 saturated heterocycles. The molecule has 0 aromatic carbocycles. The van der Waals surface area contributed by atoms with E-state index in [2.05, 4.69) is 21.8 Å². The maximum atomic E-state index is 11.7. The molecule has 2 atom stereocenters. The minimum atomic E-state index is -0.114. The Labute approximate surface area is 113 Å². The Balaban J connectivity index is 2.31. The summed E-state index contributed by atoms with van der Waals surface area (Å²) in [7, 11) is 0. The lowest BCUT2D eigenvalue weighted by molar-refractivity contribution is 0.0279. The molecule has 2 heterocycles. The first-order valence-corrected chi connectivity index (χ1v) is 6.70. The zero-order chi connectivity index (χ0) is 14.0. The summed E-state index contributed by atoms with van der Waals surface area (Å²) in [5.74, 6) is 1.61. The number of ether oxygens (including phenoxy) is 1. The van der Waals surface area contributed by atoms with Gasteiger partial charge in [0, 0.05) is 25.1 Å². The van der Waals surface area contributed by atoms with Crippen LogP contribution in [0.25, 0.3) is 0 Å². The molecule has 0 aliphatic carbocycles. The van der Waals surface area contributed by atoms with E-state index in [9.17, 15) is 4.79 Å². The monoisotopic (exact) mass is 266 g/mol. The average Bonchev–Trinajstić information content (AvgIpc) is 2.38. The van der Waals surface area contributed by atoms with Crippen molar-refractivity contribution in [2.75, 3.05) is 24.6 Å². The van der Waals surface area contributed by atoms with Crippen molar-refractivity contribution in [3.05, 3.63) is 22.2 Å². The van der Waals surface area contributed by atoms with E-state index >= 15 is 0 Å². The SMILES string of the molecule is CC(C)c1nc(N2CC(CN)OCC2C)cc(=O)[nH]1. The Morgan fingerprint density at radius 3 is 3.00 bits per heavy atom. The molecular formula is C13H22N4O2. The van der Waals surface area contributed by atoms with Crippen molar-refractivity contribution in [1.29, 1.82) is 0 Å². The van der Waals surface area contributed by atoms with Crippen LogP contribution in [-0.2, 0) is 4.74 Å². The molecule has 6 heteroatoms. The molecule has 106 valence electrons. The van der Waals surface area contributed by atoms with Gasteiger partial charge in [-0.1, -0.05) is 13.8 Å². The van der Waals surface area contributed by atoms with Gasteiger partial charge in [-0.25, -0.2) is 4.98 Å². The van der Waals surface area contributed by atoms with Crippen LogP contribution in [0.2, 0.25) is 0 Å². The predicted molar refractivity (Wildman–Crippen MR) is 74.5 cm³/mol.